The Hall–Kier alpha value is -2.74. The van der Waals surface area contributed by atoms with Gasteiger partial charge in [-0.2, -0.15) is 13.2 Å². The van der Waals surface area contributed by atoms with E-state index in [-0.39, 0.29) is 18.8 Å². The zero-order valence-electron chi connectivity index (χ0n) is 16.3. The van der Waals surface area contributed by atoms with Gasteiger partial charge in [0.25, 0.3) is 0 Å². The number of ether oxygens (including phenoxy) is 1. The summed E-state index contributed by atoms with van der Waals surface area (Å²) in [5, 5.41) is 5.26. The normalized spacial score (nSPS) is 19.7. The first-order valence-electron chi connectivity index (χ1n) is 9.42. The molecule has 2 N–H and O–H groups in total. The van der Waals surface area contributed by atoms with Crippen LogP contribution in [0.5, 0.6) is 0 Å². The fourth-order valence-electron chi connectivity index (χ4n) is 3.36. The molecule has 0 spiro atoms. The second-order valence-corrected chi connectivity index (χ2v) is 7.21. The zero-order chi connectivity index (χ0) is 21.0. The van der Waals surface area contributed by atoms with Gasteiger partial charge in [-0.15, -0.1) is 0 Å². The number of carbonyl (C=O) groups is 1. The molecule has 1 saturated heterocycles. The van der Waals surface area contributed by atoms with Crippen LogP contribution in [0.2, 0.25) is 0 Å². The van der Waals surface area contributed by atoms with E-state index in [0.717, 1.165) is 30.9 Å². The minimum absolute atomic E-state index is 0.00259. The predicted molar refractivity (Wildman–Crippen MR) is 106 cm³/mol. The van der Waals surface area contributed by atoms with Gasteiger partial charge in [0.1, 0.15) is 0 Å². The van der Waals surface area contributed by atoms with Gasteiger partial charge in [0.2, 0.25) is 0 Å². The van der Waals surface area contributed by atoms with Gasteiger partial charge in [0.15, 0.2) is 0 Å². The van der Waals surface area contributed by atoms with Gasteiger partial charge in [-0.3, -0.25) is 0 Å². The number of hydrogen-bond donors (Lipinski definition) is 2. The first kappa shape index (κ1) is 21.0. The fraction of sp³-hybridized carbons (Fsp3) is 0.381. The van der Waals surface area contributed by atoms with E-state index in [1.165, 1.54) is 12.1 Å². The summed E-state index contributed by atoms with van der Waals surface area (Å²) in [5.41, 5.74) is 1.28. The quantitative estimate of drug-likeness (QED) is 0.776. The van der Waals surface area contributed by atoms with Crippen molar-refractivity contribution in [3.63, 3.8) is 0 Å². The average molecular weight is 407 g/mol. The van der Waals surface area contributed by atoms with Crippen LogP contribution in [0.15, 0.2) is 48.5 Å². The standard InChI is InChI=1S/C21H24F3N3O2/c1-14-12-27(13-15(2)29-14)19-8-6-18(7-9-19)26-20(28)25-11-16-4-3-5-17(10-16)21(22,23)24/h3-10,14-15H,11-13H2,1-2H3,(H2,25,26,28). The van der Waals surface area contributed by atoms with E-state index in [4.69, 9.17) is 4.74 Å². The lowest BCUT2D eigenvalue weighted by Crippen LogP contribution is -2.45. The number of halogens is 3. The largest absolute Gasteiger partial charge is 0.416 e. The van der Waals surface area contributed by atoms with Gasteiger partial charge in [-0.05, 0) is 55.8 Å². The van der Waals surface area contributed by atoms with Crippen LogP contribution in [0.1, 0.15) is 25.0 Å². The van der Waals surface area contributed by atoms with E-state index in [0.29, 0.717) is 11.3 Å². The first-order chi connectivity index (χ1) is 13.7. The third kappa shape index (κ3) is 5.87. The number of nitrogens with zero attached hydrogens (tertiary/aromatic N) is 1. The molecule has 0 saturated carbocycles. The van der Waals surface area contributed by atoms with Crippen molar-refractivity contribution in [1.82, 2.24) is 5.32 Å². The Morgan fingerprint density at radius 1 is 1.10 bits per heavy atom. The van der Waals surface area contributed by atoms with Gasteiger partial charge < -0.3 is 20.3 Å². The molecule has 156 valence electrons. The molecule has 2 atom stereocenters. The van der Waals surface area contributed by atoms with E-state index in [2.05, 4.69) is 15.5 Å². The first-order valence-corrected chi connectivity index (χ1v) is 9.42. The number of carbonyl (C=O) groups excluding carboxylic acids is 1. The summed E-state index contributed by atoms with van der Waals surface area (Å²) in [6.45, 7) is 5.67. The molecule has 2 aromatic rings. The Balaban J connectivity index is 1.53. The van der Waals surface area contributed by atoms with Gasteiger partial charge in [-0.1, -0.05) is 12.1 Å². The third-order valence-electron chi connectivity index (χ3n) is 4.62. The van der Waals surface area contributed by atoms with Crippen molar-refractivity contribution in [2.24, 2.45) is 0 Å². The Labute approximate surface area is 167 Å². The number of anilines is 2. The molecule has 5 nitrogen and oxygen atoms in total. The van der Waals surface area contributed by atoms with E-state index in [1.807, 2.05) is 26.0 Å². The highest BCUT2D eigenvalue weighted by atomic mass is 19.4. The Kier molecular flexibility index (Phi) is 6.32. The van der Waals surface area contributed by atoms with Gasteiger partial charge in [0.05, 0.1) is 17.8 Å². The molecule has 29 heavy (non-hydrogen) atoms. The zero-order valence-corrected chi connectivity index (χ0v) is 16.3. The average Bonchev–Trinajstić information content (AvgIpc) is 2.66. The van der Waals surface area contributed by atoms with Crippen molar-refractivity contribution in [2.45, 2.75) is 38.8 Å². The van der Waals surface area contributed by atoms with Crippen molar-refractivity contribution in [1.29, 1.82) is 0 Å². The summed E-state index contributed by atoms with van der Waals surface area (Å²) in [5.74, 6) is 0. The van der Waals surface area contributed by atoms with Crippen LogP contribution in [0.4, 0.5) is 29.3 Å². The molecule has 0 aliphatic carbocycles. The molecule has 3 rings (SSSR count). The molecule has 2 aromatic carbocycles. The van der Waals surface area contributed by atoms with E-state index in [9.17, 15) is 18.0 Å². The molecule has 0 radical (unpaired) electrons. The molecule has 8 heteroatoms. The highest BCUT2D eigenvalue weighted by Crippen LogP contribution is 2.29. The molecule has 1 heterocycles. The number of rotatable bonds is 4. The lowest BCUT2D eigenvalue weighted by atomic mass is 10.1. The van der Waals surface area contributed by atoms with Crippen LogP contribution >= 0.6 is 0 Å². The van der Waals surface area contributed by atoms with E-state index < -0.39 is 17.8 Å². The number of nitrogens with one attached hydrogen (secondary N) is 2. The lowest BCUT2D eigenvalue weighted by Gasteiger charge is -2.36. The Morgan fingerprint density at radius 2 is 1.76 bits per heavy atom. The van der Waals surface area contributed by atoms with Crippen molar-refractivity contribution in [3.8, 4) is 0 Å². The van der Waals surface area contributed by atoms with Crippen LogP contribution in [-0.2, 0) is 17.5 Å². The second kappa shape index (κ2) is 8.73. The lowest BCUT2D eigenvalue weighted by molar-refractivity contribution is -0.137. The van der Waals surface area contributed by atoms with E-state index in [1.54, 1.807) is 12.1 Å². The maximum atomic E-state index is 12.8. The fourth-order valence-corrected chi connectivity index (χ4v) is 3.36. The van der Waals surface area contributed by atoms with Crippen LogP contribution in [0, 0.1) is 0 Å². The maximum absolute atomic E-state index is 12.8. The Morgan fingerprint density at radius 3 is 2.38 bits per heavy atom. The summed E-state index contributed by atoms with van der Waals surface area (Å²) < 4.78 is 44.0. The van der Waals surface area contributed by atoms with Gasteiger partial charge >= 0.3 is 12.2 Å². The maximum Gasteiger partial charge on any atom is 0.416 e. The highest BCUT2D eigenvalue weighted by molar-refractivity contribution is 5.89. The number of urea groups is 1. The molecule has 0 aromatic heterocycles. The molecule has 0 bridgehead atoms. The van der Waals surface area contributed by atoms with Gasteiger partial charge in [0, 0.05) is 31.0 Å². The predicted octanol–water partition coefficient (Wildman–Crippen LogP) is 4.64. The minimum atomic E-state index is -4.41. The van der Waals surface area contributed by atoms with Crippen molar-refractivity contribution in [2.75, 3.05) is 23.3 Å². The van der Waals surface area contributed by atoms with Crippen molar-refractivity contribution >= 4 is 17.4 Å². The molecule has 1 aliphatic heterocycles. The number of amides is 2. The van der Waals surface area contributed by atoms with Crippen molar-refractivity contribution in [3.05, 3.63) is 59.7 Å². The number of hydrogen-bond acceptors (Lipinski definition) is 3. The topological polar surface area (TPSA) is 53.6 Å². The van der Waals surface area contributed by atoms with E-state index >= 15 is 0 Å². The monoisotopic (exact) mass is 407 g/mol. The second-order valence-electron chi connectivity index (χ2n) is 7.21. The molecule has 2 amide bonds. The third-order valence-corrected chi connectivity index (χ3v) is 4.62. The smallest absolute Gasteiger partial charge is 0.372 e. The summed E-state index contributed by atoms with van der Waals surface area (Å²) in [4.78, 5) is 14.3. The number of benzene rings is 2. The minimum Gasteiger partial charge on any atom is -0.372 e. The van der Waals surface area contributed by atoms with Crippen molar-refractivity contribution < 1.29 is 22.7 Å². The van der Waals surface area contributed by atoms with Crippen LogP contribution in [-0.4, -0.2) is 31.3 Å². The molecular formula is C21H24F3N3O2. The molecule has 1 fully saturated rings. The highest BCUT2D eigenvalue weighted by Gasteiger charge is 2.30. The van der Waals surface area contributed by atoms with Crippen LogP contribution < -0.4 is 15.5 Å². The van der Waals surface area contributed by atoms with Gasteiger partial charge in [-0.25, -0.2) is 4.79 Å². The molecular weight excluding hydrogens is 383 g/mol. The SMILES string of the molecule is CC1CN(c2ccc(NC(=O)NCc3cccc(C(F)(F)F)c3)cc2)CC(C)O1. The summed E-state index contributed by atoms with van der Waals surface area (Å²) in [7, 11) is 0. The van der Waals surface area contributed by atoms with Crippen LogP contribution in [0.25, 0.3) is 0 Å². The number of alkyl halides is 3. The molecule has 2 unspecified atom stereocenters. The molecule has 1 aliphatic rings. The summed E-state index contributed by atoms with van der Waals surface area (Å²) >= 11 is 0. The number of morpholine rings is 1. The van der Waals surface area contributed by atoms with Crippen LogP contribution in [0.3, 0.4) is 0 Å². The Bertz CT molecular complexity index is 830. The summed E-state index contributed by atoms with van der Waals surface area (Å²) in [6.07, 6.45) is -4.10. The summed E-state index contributed by atoms with van der Waals surface area (Å²) in [6, 6.07) is 11.8.